The van der Waals surface area contributed by atoms with Gasteiger partial charge in [-0.25, -0.2) is 0 Å². The van der Waals surface area contributed by atoms with E-state index in [2.05, 4.69) is 0 Å². The minimum atomic E-state index is -1.12. The molecule has 1 amide bonds. The maximum absolute atomic E-state index is 12.8. The number of rotatable bonds is 21. The molecule has 0 saturated carbocycles. The van der Waals surface area contributed by atoms with Crippen LogP contribution >= 0.6 is 0 Å². The fourth-order valence-electron chi connectivity index (χ4n) is 3.90. The van der Waals surface area contributed by atoms with Gasteiger partial charge in [-0.3, -0.25) is 19.2 Å². The first-order chi connectivity index (χ1) is 17.4. The van der Waals surface area contributed by atoms with Crippen molar-refractivity contribution in [3.8, 4) is 0 Å². The second kappa shape index (κ2) is 19.0. The number of carbonyl (C=O) groups is 4. The molecule has 0 aliphatic rings. The smallest absolute Gasteiger partial charge is 0.311 e. The first kappa shape index (κ1) is 34.8. The molecule has 4 atom stereocenters. The lowest BCUT2D eigenvalue weighted by molar-refractivity contribution is -0.159. The minimum Gasteiger partial charge on any atom is -0.462 e. The summed E-state index contributed by atoms with van der Waals surface area (Å²) in [7, 11) is 0. The maximum Gasteiger partial charge on any atom is 0.311 e. The number of primary amides is 1. The molecule has 0 aromatic rings. The Bertz CT molecular complexity index is 697. The first-order valence-electron chi connectivity index (χ1n) is 13.5. The standard InChI is InChI=1S/C27H49NO9/c1-6-10-20(23(28)31)11-8-12-21(25(33)36-16-15-35-24(32)19(3)4)13-9-14-27(5,7-2)26(34)37-18-22(30)17-29/h19-22,29-30H,6-18H2,1-5H3,(H2,28,31). The van der Waals surface area contributed by atoms with E-state index in [1.807, 2.05) is 13.8 Å². The Balaban J connectivity index is 5.05. The van der Waals surface area contributed by atoms with E-state index < -0.39 is 36.0 Å². The third kappa shape index (κ3) is 14.4. The van der Waals surface area contributed by atoms with Gasteiger partial charge in [0.05, 0.1) is 23.9 Å². The summed E-state index contributed by atoms with van der Waals surface area (Å²) in [6.07, 6.45) is 4.15. The van der Waals surface area contributed by atoms with Gasteiger partial charge in [0.1, 0.15) is 25.9 Å². The zero-order valence-electron chi connectivity index (χ0n) is 23.3. The van der Waals surface area contributed by atoms with Crippen molar-refractivity contribution in [1.82, 2.24) is 0 Å². The SMILES string of the molecule is CCCC(CCCC(CCCC(C)(CC)C(=O)OCC(O)CO)C(=O)OCCOC(=O)C(C)C)C(N)=O. The molecule has 0 heterocycles. The lowest BCUT2D eigenvalue weighted by atomic mass is 9.81. The molecule has 37 heavy (non-hydrogen) atoms. The van der Waals surface area contributed by atoms with Gasteiger partial charge in [0.2, 0.25) is 5.91 Å². The highest BCUT2D eigenvalue weighted by Crippen LogP contribution is 2.32. The van der Waals surface area contributed by atoms with Crippen LogP contribution in [0.3, 0.4) is 0 Å². The molecule has 0 aromatic carbocycles. The normalized spacial score (nSPS) is 15.4. The lowest BCUT2D eigenvalue weighted by Gasteiger charge is -2.27. The molecule has 0 spiro atoms. The second-order valence-corrected chi connectivity index (χ2v) is 10.2. The van der Waals surface area contributed by atoms with Crippen LogP contribution in [0.2, 0.25) is 0 Å². The second-order valence-electron chi connectivity index (χ2n) is 10.2. The van der Waals surface area contributed by atoms with Gasteiger partial charge in [0, 0.05) is 5.92 Å². The van der Waals surface area contributed by atoms with Gasteiger partial charge in [0.15, 0.2) is 0 Å². The van der Waals surface area contributed by atoms with Crippen molar-refractivity contribution in [2.24, 2.45) is 28.9 Å². The molecule has 0 aliphatic heterocycles. The average Bonchev–Trinajstić information content (AvgIpc) is 2.87. The topological polar surface area (TPSA) is 162 Å². The van der Waals surface area contributed by atoms with Crippen molar-refractivity contribution >= 4 is 23.8 Å². The van der Waals surface area contributed by atoms with Crippen molar-refractivity contribution in [3.63, 3.8) is 0 Å². The number of hydrogen-bond donors (Lipinski definition) is 3. The fourth-order valence-corrected chi connectivity index (χ4v) is 3.90. The quantitative estimate of drug-likeness (QED) is 0.115. The molecule has 10 nitrogen and oxygen atoms in total. The molecule has 0 aliphatic carbocycles. The molecule has 0 aromatic heterocycles. The number of carbonyl (C=O) groups excluding carboxylic acids is 4. The molecule has 4 unspecified atom stereocenters. The van der Waals surface area contributed by atoms with Gasteiger partial charge < -0.3 is 30.2 Å². The van der Waals surface area contributed by atoms with Crippen molar-refractivity contribution in [3.05, 3.63) is 0 Å². The van der Waals surface area contributed by atoms with E-state index in [0.29, 0.717) is 51.4 Å². The van der Waals surface area contributed by atoms with Crippen LogP contribution in [0.5, 0.6) is 0 Å². The Morgan fingerprint density at radius 2 is 1.43 bits per heavy atom. The maximum atomic E-state index is 12.8. The number of nitrogens with two attached hydrogens (primary N) is 1. The van der Waals surface area contributed by atoms with Crippen molar-refractivity contribution in [2.45, 2.75) is 98.5 Å². The third-order valence-corrected chi connectivity index (χ3v) is 6.69. The molecule has 10 heteroatoms. The summed E-state index contributed by atoms with van der Waals surface area (Å²) >= 11 is 0. The predicted octanol–water partition coefficient (Wildman–Crippen LogP) is 2.90. The minimum absolute atomic E-state index is 0.0187. The van der Waals surface area contributed by atoms with Gasteiger partial charge in [-0.05, 0) is 45.4 Å². The molecule has 216 valence electrons. The zero-order valence-corrected chi connectivity index (χ0v) is 23.3. The monoisotopic (exact) mass is 531 g/mol. The van der Waals surface area contributed by atoms with Crippen LogP contribution in [0, 0.1) is 23.2 Å². The zero-order chi connectivity index (χ0) is 28.4. The van der Waals surface area contributed by atoms with Crippen LogP contribution < -0.4 is 5.73 Å². The number of aliphatic hydroxyl groups excluding tert-OH is 2. The van der Waals surface area contributed by atoms with Crippen molar-refractivity contribution < 1.29 is 43.6 Å². The van der Waals surface area contributed by atoms with Crippen LogP contribution in [0.1, 0.15) is 92.4 Å². The Morgan fingerprint density at radius 3 is 1.95 bits per heavy atom. The van der Waals surface area contributed by atoms with Gasteiger partial charge in [0.25, 0.3) is 0 Å². The molecule has 0 rings (SSSR count). The summed E-state index contributed by atoms with van der Waals surface area (Å²) in [5.74, 6) is -2.50. The van der Waals surface area contributed by atoms with Crippen LogP contribution in [-0.2, 0) is 33.4 Å². The number of hydrogen-bond acceptors (Lipinski definition) is 9. The van der Waals surface area contributed by atoms with Crippen LogP contribution in [0.25, 0.3) is 0 Å². The number of aliphatic hydroxyl groups is 2. The average molecular weight is 532 g/mol. The number of esters is 3. The molecular formula is C27H49NO9. The summed E-state index contributed by atoms with van der Waals surface area (Å²) in [6.45, 7) is 8.24. The Kier molecular flexibility index (Phi) is 17.8. The molecule has 4 N–H and O–H groups in total. The Labute approximate surface area is 221 Å². The number of amides is 1. The van der Waals surface area contributed by atoms with Crippen molar-refractivity contribution in [2.75, 3.05) is 26.4 Å². The molecule has 0 radical (unpaired) electrons. The molecular weight excluding hydrogens is 482 g/mol. The van der Waals surface area contributed by atoms with Crippen LogP contribution in [-0.4, -0.2) is 66.6 Å². The van der Waals surface area contributed by atoms with Gasteiger partial charge in [-0.1, -0.05) is 47.0 Å². The van der Waals surface area contributed by atoms with E-state index in [9.17, 15) is 24.3 Å². The van der Waals surface area contributed by atoms with Gasteiger partial charge in [-0.2, -0.15) is 0 Å². The number of ether oxygens (including phenoxy) is 3. The predicted molar refractivity (Wildman–Crippen MR) is 138 cm³/mol. The Hall–Kier alpha value is -2.20. The largest absolute Gasteiger partial charge is 0.462 e. The highest BCUT2D eigenvalue weighted by atomic mass is 16.6. The first-order valence-corrected chi connectivity index (χ1v) is 13.5. The summed E-state index contributed by atoms with van der Waals surface area (Å²) in [4.78, 5) is 48.7. The van der Waals surface area contributed by atoms with E-state index >= 15 is 0 Å². The molecule has 0 saturated heterocycles. The summed E-state index contributed by atoms with van der Waals surface area (Å²) in [5, 5.41) is 18.4. The van der Waals surface area contributed by atoms with E-state index in [1.54, 1.807) is 20.8 Å². The van der Waals surface area contributed by atoms with E-state index in [1.165, 1.54) is 0 Å². The van der Waals surface area contributed by atoms with Crippen molar-refractivity contribution in [1.29, 1.82) is 0 Å². The fraction of sp³-hybridized carbons (Fsp3) is 0.852. The van der Waals surface area contributed by atoms with Gasteiger partial charge in [-0.15, -0.1) is 0 Å². The molecule has 0 bridgehead atoms. The lowest BCUT2D eigenvalue weighted by Crippen LogP contribution is -2.33. The Morgan fingerprint density at radius 1 is 0.865 bits per heavy atom. The third-order valence-electron chi connectivity index (χ3n) is 6.69. The highest BCUT2D eigenvalue weighted by Gasteiger charge is 2.33. The summed E-state index contributed by atoms with van der Waals surface area (Å²) < 4.78 is 15.6. The van der Waals surface area contributed by atoms with Crippen LogP contribution in [0.4, 0.5) is 0 Å². The van der Waals surface area contributed by atoms with Gasteiger partial charge >= 0.3 is 17.9 Å². The van der Waals surface area contributed by atoms with E-state index in [-0.39, 0.29) is 43.5 Å². The highest BCUT2D eigenvalue weighted by molar-refractivity contribution is 5.77. The summed E-state index contributed by atoms with van der Waals surface area (Å²) in [6, 6.07) is 0. The van der Waals surface area contributed by atoms with Crippen LogP contribution in [0.15, 0.2) is 0 Å². The molecule has 0 fully saturated rings. The summed E-state index contributed by atoms with van der Waals surface area (Å²) in [5.41, 5.74) is 4.71. The van der Waals surface area contributed by atoms with E-state index in [4.69, 9.17) is 25.1 Å². The van der Waals surface area contributed by atoms with E-state index in [0.717, 1.165) is 6.42 Å².